The van der Waals surface area contributed by atoms with Crippen LogP contribution in [0.25, 0.3) is 39.4 Å². The number of aliphatic hydroxyl groups is 1. The van der Waals surface area contributed by atoms with Gasteiger partial charge < -0.3 is 14.1 Å². The van der Waals surface area contributed by atoms with Crippen molar-refractivity contribution in [2.45, 2.75) is 6.61 Å². The first-order chi connectivity index (χ1) is 14.6. The summed E-state index contributed by atoms with van der Waals surface area (Å²) in [5.41, 5.74) is 5.80. The molecule has 0 spiro atoms. The van der Waals surface area contributed by atoms with Crippen LogP contribution in [0.3, 0.4) is 0 Å². The normalized spacial score (nSPS) is 11.3. The maximum absolute atomic E-state index is 14.0. The monoisotopic (exact) mass is 399 g/mol. The van der Waals surface area contributed by atoms with Gasteiger partial charge in [0.2, 0.25) is 0 Å². The van der Waals surface area contributed by atoms with Crippen LogP contribution in [-0.4, -0.2) is 29.3 Å². The van der Waals surface area contributed by atoms with E-state index in [4.69, 9.17) is 4.98 Å². The summed E-state index contributed by atoms with van der Waals surface area (Å²) in [6.07, 6.45) is 5.43. The standard InChI is InChI=1S/C23H18FN5O/c1-28-14-25-27-23(28)20-11-18(24)5-6-19(20)16-3-2-4-17(10-16)21-12-29-8-7-15(13-30)9-22(29)26-21/h2-12,14,30H,13H2,1H3. The van der Waals surface area contributed by atoms with Crippen molar-refractivity contribution in [3.05, 3.63) is 84.7 Å². The summed E-state index contributed by atoms with van der Waals surface area (Å²) in [6.45, 7) is -0.0242. The van der Waals surface area contributed by atoms with Gasteiger partial charge in [-0.1, -0.05) is 24.3 Å². The Labute approximate surface area is 171 Å². The Bertz CT molecular complexity index is 1370. The van der Waals surface area contributed by atoms with Gasteiger partial charge in [0.25, 0.3) is 0 Å². The number of aryl methyl sites for hydroxylation is 1. The molecule has 0 radical (unpaired) electrons. The Kier molecular flexibility index (Phi) is 4.37. The van der Waals surface area contributed by atoms with Gasteiger partial charge in [-0.2, -0.15) is 0 Å². The van der Waals surface area contributed by atoms with Crippen molar-refractivity contribution in [1.29, 1.82) is 0 Å². The second-order valence-electron chi connectivity index (χ2n) is 7.12. The molecule has 0 bridgehead atoms. The average molecular weight is 399 g/mol. The number of hydrogen-bond donors (Lipinski definition) is 1. The van der Waals surface area contributed by atoms with Crippen LogP contribution in [0.4, 0.5) is 4.39 Å². The minimum absolute atomic E-state index is 0.0242. The SMILES string of the molecule is Cn1cnnc1-c1cc(F)ccc1-c1cccc(-c2cn3ccc(CO)cc3n2)c1. The molecule has 0 saturated heterocycles. The molecule has 1 N–H and O–H groups in total. The molecular formula is C23H18FN5O. The highest BCUT2D eigenvalue weighted by Gasteiger charge is 2.14. The van der Waals surface area contributed by atoms with Crippen LogP contribution in [0, 0.1) is 5.82 Å². The molecule has 0 aliphatic heterocycles. The molecule has 0 amide bonds. The molecule has 0 fully saturated rings. The van der Waals surface area contributed by atoms with Crippen LogP contribution in [0.2, 0.25) is 0 Å². The van der Waals surface area contributed by atoms with Gasteiger partial charge in [-0.25, -0.2) is 9.37 Å². The second kappa shape index (κ2) is 7.20. The van der Waals surface area contributed by atoms with E-state index in [0.29, 0.717) is 11.4 Å². The van der Waals surface area contributed by atoms with Crippen molar-refractivity contribution in [3.8, 4) is 33.8 Å². The predicted molar refractivity (Wildman–Crippen MR) is 112 cm³/mol. The van der Waals surface area contributed by atoms with Crippen LogP contribution in [-0.2, 0) is 13.7 Å². The Hall–Kier alpha value is -3.84. The zero-order valence-electron chi connectivity index (χ0n) is 16.2. The van der Waals surface area contributed by atoms with E-state index in [1.165, 1.54) is 12.1 Å². The van der Waals surface area contributed by atoms with Gasteiger partial charge in [0, 0.05) is 30.6 Å². The van der Waals surface area contributed by atoms with Crippen molar-refractivity contribution in [3.63, 3.8) is 0 Å². The molecule has 0 aliphatic carbocycles. The number of hydrogen-bond acceptors (Lipinski definition) is 4. The molecule has 5 aromatic rings. The van der Waals surface area contributed by atoms with Crippen molar-refractivity contribution < 1.29 is 9.50 Å². The fraction of sp³-hybridized carbons (Fsp3) is 0.0870. The zero-order valence-corrected chi connectivity index (χ0v) is 16.2. The highest BCUT2D eigenvalue weighted by Crippen LogP contribution is 2.33. The number of aromatic nitrogens is 5. The molecule has 6 nitrogen and oxygen atoms in total. The number of nitrogens with zero attached hydrogens (tertiary/aromatic N) is 5. The first-order valence-electron chi connectivity index (χ1n) is 9.45. The molecule has 30 heavy (non-hydrogen) atoms. The molecule has 0 unspecified atom stereocenters. The first kappa shape index (κ1) is 18.2. The van der Waals surface area contributed by atoms with E-state index in [2.05, 4.69) is 10.2 Å². The van der Waals surface area contributed by atoms with E-state index in [0.717, 1.165) is 33.6 Å². The van der Waals surface area contributed by atoms with E-state index in [1.807, 2.05) is 60.2 Å². The summed E-state index contributed by atoms with van der Waals surface area (Å²) < 4.78 is 17.7. The van der Waals surface area contributed by atoms with Crippen LogP contribution in [0.5, 0.6) is 0 Å². The minimum Gasteiger partial charge on any atom is -0.392 e. The Morgan fingerprint density at radius 3 is 2.67 bits per heavy atom. The number of halogens is 1. The van der Waals surface area contributed by atoms with Crippen LogP contribution in [0.1, 0.15) is 5.56 Å². The zero-order chi connectivity index (χ0) is 20.7. The number of imidazole rings is 1. The van der Waals surface area contributed by atoms with Gasteiger partial charge in [-0.3, -0.25) is 0 Å². The summed E-state index contributed by atoms with van der Waals surface area (Å²) in [5.74, 6) is 0.270. The summed E-state index contributed by atoms with van der Waals surface area (Å²) in [4.78, 5) is 4.69. The molecule has 7 heteroatoms. The smallest absolute Gasteiger partial charge is 0.164 e. The molecule has 3 heterocycles. The third kappa shape index (κ3) is 3.15. The van der Waals surface area contributed by atoms with E-state index >= 15 is 0 Å². The number of pyridine rings is 1. The largest absolute Gasteiger partial charge is 0.392 e. The average Bonchev–Trinajstić information content (AvgIpc) is 3.39. The summed E-state index contributed by atoms with van der Waals surface area (Å²) in [7, 11) is 1.83. The van der Waals surface area contributed by atoms with Gasteiger partial charge in [0.05, 0.1) is 12.3 Å². The maximum atomic E-state index is 14.0. The Balaban J connectivity index is 1.62. The lowest BCUT2D eigenvalue weighted by molar-refractivity contribution is 0.282. The third-order valence-electron chi connectivity index (χ3n) is 5.11. The van der Waals surface area contributed by atoms with Crippen LogP contribution in [0.15, 0.2) is 73.3 Å². The Morgan fingerprint density at radius 1 is 1.00 bits per heavy atom. The molecule has 5 rings (SSSR count). The van der Waals surface area contributed by atoms with Gasteiger partial charge in [0.15, 0.2) is 5.82 Å². The topological polar surface area (TPSA) is 68.2 Å². The lowest BCUT2D eigenvalue weighted by Crippen LogP contribution is -1.95. The minimum atomic E-state index is -0.326. The number of rotatable bonds is 4. The lowest BCUT2D eigenvalue weighted by atomic mass is 9.97. The highest BCUT2D eigenvalue weighted by atomic mass is 19.1. The molecule has 0 saturated carbocycles. The first-order valence-corrected chi connectivity index (χ1v) is 9.45. The lowest BCUT2D eigenvalue weighted by Gasteiger charge is -2.10. The Morgan fingerprint density at radius 2 is 1.87 bits per heavy atom. The van der Waals surface area contributed by atoms with Gasteiger partial charge in [-0.05, 0) is 47.0 Å². The van der Waals surface area contributed by atoms with Crippen LogP contribution >= 0.6 is 0 Å². The van der Waals surface area contributed by atoms with E-state index in [-0.39, 0.29) is 12.4 Å². The quantitative estimate of drug-likeness (QED) is 0.494. The van der Waals surface area contributed by atoms with Gasteiger partial charge in [0.1, 0.15) is 17.8 Å². The van der Waals surface area contributed by atoms with Crippen molar-refractivity contribution in [1.82, 2.24) is 24.1 Å². The van der Waals surface area contributed by atoms with Crippen LogP contribution < -0.4 is 0 Å². The van der Waals surface area contributed by atoms with E-state index in [1.54, 1.807) is 17.0 Å². The highest BCUT2D eigenvalue weighted by molar-refractivity contribution is 5.83. The fourth-order valence-corrected chi connectivity index (χ4v) is 3.59. The number of aliphatic hydroxyl groups excluding tert-OH is 1. The molecule has 0 aliphatic rings. The van der Waals surface area contributed by atoms with E-state index in [9.17, 15) is 9.50 Å². The van der Waals surface area contributed by atoms with E-state index < -0.39 is 0 Å². The molecule has 148 valence electrons. The molecule has 3 aromatic heterocycles. The summed E-state index contributed by atoms with van der Waals surface area (Å²) in [6, 6.07) is 16.4. The third-order valence-corrected chi connectivity index (χ3v) is 5.11. The second-order valence-corrected chi connectivity index (χ2v) is 7.12. The summed E-state index contributed by atoms with van der Waals surface area (Å²) >= 11 is 0. The van der Waals surface area contributed by atoms with Crippen molar-refractivity contribution in [2.24, 2.45) is 7.05 Å². The molecule has 0 atom stereocenters. The molecule has 2 aromatic carbocycles. The predicted octanol–water partition coefficient (Wildman–Crippen LogP) is 4.10. The number of benzene rings is 2. The molecular weight excluding hydrogens is 381 g/mol. The van der Waals surface area contributed by atoms with Crippen molar-refractivity contribution in [2.75, 3.05) is 0 Å². The number of fused-ring (bicyclic) bond motifs is 1. The summed E-state index contributed by atoms with van der Waals surface area (Å²) in [5, 5.41) is 17.4. The van der Waals surface area contributed by atoms with Crippen molar-refractivity contribution >= 4 is 5.65 Å². The maximum Gasteiger partial charge on any atom is 0.164 e. The fourth-order valence-electron chi connectivity index (χ4n) is 3.59. The van der Waals surface area contributed by atoms with Gasteiger partial charge >= 0.3 is 0 Å². The van der Waals surface area contributed by atoms with Gasteiger partial charge in [-0.15, -0.1) is 10.2 Å².